The SMILES string of the molecule is COc1ccc(CN[C@H](C)c2ccccc2)cc1OC. The molecular weight excluding hydrogens is 250 g/mol. The molecule has 106 valence electrons. The number of methoxy groups -OCH3 is 2. The third-order valence-corrected chi connectivity index (χ3v) is 3.36. The minimum atomic E-state index is 0.310. The summed E-state index contributed by atoms with van der Waals surface area (Å²) in [6, 6.07) is 16.7. The second-order valence-electron chi connectivity index (χ2n) is 4.70. The van der Waals surface area contributed by atoms with Crippen LogP contribution in [0.2, 0.25) is 0 Å². The zero-order chi connectivity index (χ0) is 14.4. The van der Waals surface area contributed by atoms with Crippen molar-refractivity contribution in [2.24, 2.45) is 0 Å². The van der Waals surface area contributed by atoms with Gasteiger partial charge in [-0.15, -0.1) is 0 Å². The molecular formula is C17H21NO2. The normalized spacial score (nSPS) is 11.9. The minimum Gasteiger partial charge on any atom is -0.493 e. The molecule has 0 radical (unpaired) electrons. The summed E-state index contributed by atoms with van der Waals surface area (Å²) in [6.07, 6.45) is 0. The van der Waals surface area contributed by atoms with Crippen LogP contribution in [0, 0.1) is 0 Å². The quantitative estimate of drug-likeness (QED) is 0.871. The van der Waals surface area contributed by atoms with Crippen molar-refractivity contribution >= 4 is 0 Å². The Labute approximate surface area is 120 Å². The van der Waals surface area contributed by atoms with E-state index in [4.69, 9.17) is 9.47 Å². The summed E-state index contributed by atoms with van der Waals surface area (Å²) in [4.78, 5) is 0. The average Bonchev–Trinajstić information content (AvgIpc) is 2.53. The fourth-order valence-electron chi connectivity index (χ4n) is 2.12. The first kappa shape index (κ1) is 14.4. The largest absolute Gasteiger partial charge is 0.493 e. The smallest absolute Gasteiger partial charge is 0.161 e. The Kier molecular flexibility index (Phi) is 5.02. The number of hydrogen-bond acceptors (Lipinski definition) is 3. The molecule has 20 heavy (non-hydrogen) atoms. The molecule has 0 heterocycles. The standard InChI is InChI=1S/C17H21NO2/c1-13(15-7-5-4-6-8-15)18-12-14-9-10-16(19-2)17(11-14)20-3/h4-11,13,18H,12H2,1-3H3/t13-/m1/s1. The third-order valence-electron chi connectivity index (χ3n) is 3.36. The van der Waals surface area contributed by atoms with E-state index in [9.17, 15) is 0 Å². The molecule has 2 aromatic carbocycles. The average molecular weight is 271 g/mol. The van der Waals surface area contributed by atoms with Gasteiger partial charge in [-0.2, -0.15) is 0 Å². The first-order valence-electron chi connectivity index (χ1n) is 6.74. The summed E-state index contributed by atoms with van der Waals surface area (Å²) in [7, 11) is 3.30. The molecule has 0 aromatic heterocycles. The molecule has 2 rings (SSSR count). The fraction of sp³-hybridized carbons (Fsp3) is 0.294. The van der Waals surface area contributed by atoms with Crippen LogP contribution in [0.25, 0.3) is 0 Å². The second kappa shape index (κ2) is 6.96. The summed E-state index contributed by atoms with van der Waals surface area (Å²) >= 11 is 0. The van der Waals surface area contributed by atoms with Crippen molar-refractivity contribution in [2.75, 3.05) is 14.2 Å². The highest BCUT2D eigenvalue weighted by Crippen LogP contribution is 2.27. The zero-order valence-electron chi connectivity index (χ0n) is 12.2. The van der Waals surface area contributed by atoms with Gasteiger partial charge >= 0.3 is 0 Å². The maximum Gasteiger partial charge on any atom is 0.161 e. The van der Waals surface area contributed by atoms with Crippen LogP contribution in [-0.2, 0) is 6.54 Å². The van der Waals surface area contributed by atoms with Crippen molar-refractivity contribution in [3.8, 4) is 11.5 Å². The molecule has 0 spiro atoms. The van der Waals surface area contributed by atoms with Crippen molar-refractivity contribution in [3.05, 3.63) is 59.7 Å². The topological polar surface area (TPSA) is 30.5 Å². The van der Waals surface area contributed by atoms with E-state index in [-0.39, 0.29) is 0 Å². The number of rotatable bonds is 6. The predicted octanol–water partition coefficient (Wildman–Crippen LogP) is 3.55. The van der Waals surface area contributed by atoms with Gasteiger partial charge < -0.3 is 14.8 Å². The van der Waals surface area contributed by atoms with Crippen molar-refractivity contribution in [3.63, 3.8) is 0 Å². The van der Waals surface area contributed by atoms with Crippen LogP contribution >= 0.6 is 0 Å². The molecule has 3 nitrogen and oxygen atoms in total. The van der Waals surface area contributed by atoms with Crippen molar-refractivity contribution < 1.29 is 9.47 Å². The highest BCUT2D eigenvalue weighted by Gasteiger charge is 2.07. The lowest BCUT2D eigenvalue weighted by Crippen LogP contribution is -2.18. The Morgan fingerprint density at radius 3 is 2.30 bits per heavy atom. The summed E-state index contributed by atoms with van der Waals surface area (Å²) in [5, 5.41) is 3.51. The first-order chi connectivity index (χ1) is 9.74. The summed E-state index contributed by atoms with van der Waals surface area (Å²) in [5.41, 5.74) is 2.46. The van der Waals surface area contributed by atoms with E-state index in [1.54, 1.807) is 14.2 Å². The lowest BCUT2D eigenvalue weighted by Gasteiger charge is -2.15. The predicted molar refractivity (Wildman–Crippen MR) is 81.2 cm³/mol. The van der Waals surface area contributed by atoms with Crippen molar-refractivity contribution in [2.45, 2.75) is 19.5 Å². The fourth-order valence-corrected chi connectivity index (χ4v) is 2.12. The van der Waals surface area contributed by atoms with Crippen molar-refractivity contribution in [1.29, 1.82) is 0 Å². The minimum absolute atomic E-state index is 0.310. The summed E-state index contributed by atoms with van der Waals surface area (Å²) < 4.78 is 10.6. The lowest BCUT2D eigenvalue weighted by molar-refractivity contribution is 0.354. The monoisotopic (exact) mass is 271 g/mol. The molecule has 2 aromatic rings. The van der Waals surface area contributed by atoms with Gasteiger partial charge in [0.15, 0.2) is 11.5 Å². The van der Waals surface area contributed by atoms with Gasteiger partial charge in [-0.1, -0.05) is 36.4 Å². The van der Waals surface area contributed by atoms with Gasteiger partial charge in [-0.05, 0) is 30.2 Å². The van der Waals surface area contributed by atoms with E-state index in [0.717, 1.165) is 18.0 Å². The molecule has 0 saturated heterocycles. The van der Waals surface area contributed by atoms with E-state index in [1.807, 2.05) is 24.3 Å². The number of benzene rings is 2. The van der Waals surface area contributed by atoms with E-state index in [0.29, 0.717) is 6.04 Å². The molecule has 0 aliphatic carbocycles. The summed E-state index contributed by atoms with van der Waals surface area (Å²) in [5.74, 6) is 1.52. The Balaban J connectivity index is 2.00. The van der Waals surface area contributed by atoms with Crippen LogP contribution in [-0.4, -0.2) is 14.2 Å². The van der Waals surface area contributed by atoms with Crippen molar-refractivity contribution in [1.82, 2.24) is 5.32 Å². The highest BCUT2D eigenvalue weighted by atomic mass is 16.5. The van der Waals surface area contributed by atoms with E-state index < -0.39 is 0 Å². The molecule has 0 saturated carbocycles. The lowest BCUT2D eigenvalue weighted by atomic mass is 10.1. The van der Waals surface area contributed by atoms with Gasteiger partial charge in [0.2, 0.25) is 0 Å². The van der Waals surface area contributed by atoms with Gasteiger partial charge in [-0.25, -0.2) is 0 Å². The van der Waals surface area contributed by atoms with Crippen LogP contribution in [0.15, 0.2) is 48.5 Å². The first-order valence-corrected chi connectivity index (χ1v) is 6.74. The second-order valence-corrected chi connectivity index (χ2v) is 4.70. The molecule has 0 unspecified atom stereocenters. The third kappa shape index (κ3) is 3.52. The van der Waals surface area contributed by atoms with Crippen LogP contribution in [0.4, 0.5) is 0 Å². The molecule has 3 heteroatoms. The Morgan fingerprint density at radius 2 is 1.65 bits per heavy atom. The Morgan fingerprint density at radius 1 is 0.950 bits per heavy atom. The van der Waals surface area contributed by atoms with E-state index in [1.165, 1.54) is 11.1 Å². The van der Waals surface area contributed by atoms with Gasteiger partial charge in [0.1, 0.15) is 0 Å². The van der Waals surface area contributed by atoms with Gasteiger partial charge in [0.05, 0.1) is 14.2 Å². The zero-order valence-corrected chi connectivity index (χ0v) is 12.2. The number of ether oxygens (including phenoxy) is 2. The van der Waals surface area contributed by atoms with Gasteiger partial charge in [0.25, 0.3) is 0 Å². The summed E-state index contributed by atoms with van der Waals surface area (Å²) in [6.45, 7) is 2.95. The highest BCUT2D eigenvalue weighted by molar-refractivity contribution is 5.42. The molecule has 0 bridgehead atoms. The maximum atomic E-state index is 5.32. The molecule has 0 fully saturated rings. The Hall–Kier alpha value is -2.00. The number of nitrogens with one attached hydrogen (secondary N) is 1. The molecule has 0 aliphatic heterocycles. The van der Waals surface area contributed by atoms with Crippen LogP contribution in [0.3, 0.4) is 0 Å². The maximum absolute atomic E-state index is 5.32. The molecule has 1 N–H and O–H groups in total. The van der Waals surface area contributed by atoms with Gasteiger partial charge in [-0.3, -0.25) is 0 Å². The van der Waals surface area contributed by atoms with Gasteiger partial charge in [0, 0.05) is 12.6 Å². The van der Waals surface area contributed by atoms with E-state index >= 15 is 0 Å². The number of hydrogen-bond donors (Lipinski definition) is 1. The van der Waals surface area contributed by atoms with Crippen LogP contribution in [0.5, 0.6) is 11.5 Å². The van der Waals surface area contributed by atoms with E-state index in [2.05, 4.69) is 36.5 Å². The van der Waals surface area contributed by atoms with Crippen LogP contribution < -0.4 is 14.8 Å². The molecule has 0 aliphatic rings. The Bertz CT molecular complexity index is 540. The molecule has 1 atom stereocenters. The molecule has 0 amide bonds. The van der Waals surface area contributed by atoms with Crippen LogP contribution in [0.1, 0.15) is 24.1 Å².